The van der Waals surface area contributed by atoms with Crippen LogP contribution in [0.3, 0.4) is 0 Å². The predicted molar refractivity (Wildman–Crippen MR) is 46.4 cm³/mol. The largest absolute Gasteiger partial charge is 0.464 e. The van der Waals surface area contributed by atoms with Crippen LogP contribution in [0.2, 0.25) is 0 Å². The summed E-state index contributed by atoms with van der Waals surface area (Å²) in [5, 5.41) is 0. The SMILES string of the molecule is C=COc1ccc(C(=O)OC)nc1. The lowest BCUT2D eigenvalue weighted by Gasteiger charge is -2.00. The average Bonchev–Trinajstić information content (AvgIpc) is 2.18. The molecule has 1 aromatic rings. The molecule has 0 aromatic carbocycles. The molecule has 0 N–H and O–H groups in total. The number of aromatic nitrogens is 1. The first-order valence-corrected chi connectivity index (χ1v) is 3.60. The number of methoxy groups -OCH3 is 1. The highest BCUT2D eigenvalue weighted by atomic mass is 16.5. The van der Waals surface area contributed by atoms with Crippen LogP contribution in [0, 0.1) is 0 Å². The second kappa shape index (κ2) is 4.25. The van der Waals surface area contributed by atoms with Gasteiger partial charge in [-0.25, -0.2) is 9.78 Å². The van der Waals surface area contributed by atoms with Crippen molar-refractivity contribution in [3.63, 3.8) is 0 Å². The highest BCUT2D eigenvalue weighted by molar-refractivity contribution is 5.87. The predicted octanol–water partition coefficient (Wildman–Crippen LogP) is 1.39. The molecule has 4 heteroatoms. The number of pyridine rings is 1. The number of ether oxygens (including phenoxy) is 2. The van der Waals surface area contributed by atoms with E-state index in [2.05, 4.69) is 16.3 Å². The maximum Gasteiger partial charge on any atom is 0.356 e. The first-order chi connectivity index (χ1) is 6.27. The van der Waals surface area contributed by atoms with E-state index in [0.29, 0.717) is 5.75 Å². The van der Waals surface area contributed by atoms with Gasteiger partial charge in [0.1, 0.15) is 11.4 Å². The molecule has 0 bridgehead atoms. The van der Waals surface area contributed by atoms with Crippen molar-refractivity contribution >= 4 is 5.97 Å². The molecular weight excluding hydrogens is 170 g/mol. The van der Waals surface area contributed by atoms with Gasteiger partial charge in [0.05, 0.1) is 19.6 Å². The molecule has 0 saturated heterocycles. The molecule has 0 spiro atoms. The van der Waals surface area contributed by atoms with Gasteiger partial charge < -0.3 is 9.47 Å². The van der Waals surface area contributed by atoms with E-state index >= 15 is 0 Å². The number of hydrogen-bond donors (Lipinski definition) is 0. The summed E-state index contributed by atoms with van der Waals surface area (Å²) in [6, 6.07) is 3.13. The van der Waals surface area contributed by atoms with E-state index in [1.54, 1.807) is 6.07 Å². The summed E-state index contributed by atoms with van der Waals surface area (Å²) in [7, 11) is 1.30. The lowest BCUT2D eigenvalue weighted by atomic mass is 10.3. The molecule has 1 aromatic heterocycles. The summed E-state index contributed by atoms with van der Waals surface area (Å²) in [6.45, 7) is 3.39. The molecule has 4 nitrogen and oxygen atoms in total. The summed E-state index contributed by atoms with van der Waals surface area (Å²) in [5.41, 5.74) is 0.249. The highest BCUT2D eigenvalue weighted by Gasteiger charge is 2.05. The molecule has 0 saturated carbocycles. The first-order valence-electron chi connectivity index (χ1n) is 3.60. The summed E-state index contributed by atoms with van der Waals surface area (Å²) in [5.74, 6) is 0.0628. The van der Waals surface area contributed by atoms with Gasteiger partial charge in [-0.15, -0.1) is 0 Å². The molecular formula is C9H9NO3. The van der Waals surface area contributed by atoms with Crippen LogP contribution in [0.1, 0.15) is 10.5 Å². The molecule has 0 aliphatic heterocycles. The first kappa shape index (κ1) is 9.25. The van der Waals surface area contributed by atoms with Crippen LogP contribution in [0.5, 0.6) is 5.75 Å². The van der Waals surface area contributed by atoms with Crippen LogP contribution in [-0.2, 0) is 4.74 Å². The van der Waals surface area contributed by atoms with Crippen molar-refractivity contribution in [2.75, 3.05) is 7.11 Å². The normalized spacial score (nSPS) is 9.00. The van der Waals surface area contributed by atoms with Crippen molar-refractivity contribution < 1.29 is 14.3 Å². The van der Waals surface area contributed by atoms with Gasteiger partial charge in [0.25, 0.3) is 0 Å². The fourth-order valence-corrected chi connectivity index (χ4v) is 0.772. The molecule has 0 aliphatic rings. The van der Waals surface area contributed by atoms with Gasteiger partial charge >= 0.3 is 5.97 Å². The van der Waals surface area contributed by atoms with Gasteiger partial charge in [-0.1, -0.05) is 6.58 Å². The third-order valence-electron chi connectivity index (χ3n) is 1.35. The molecule has 0 fully saturated rings. The van der Waals surface area contributed by atoms with Gasteiger partial charge in [0.2, 0.25) is 0 Å². The Hall–Kier alpha value is -1.84. The van der Waals surface area contributed by atoms with E-state index in [-0.39, 0.29) is 5.69 Å². The van der Waals surface area contributed by atoms with E-state index in [9.17, 15) is 4.79 Å². The Morgan fingerprint density at radius 1 is 1.62 bits per heavy atom. The van der Waals surface area contributed by atoms with Crippen LogP contribution in [0.25, 0.3) is 0 Å². The van der Waals surface area contributed by atoms with E-state index in [1.807, 2.05) is 0 Å². The zero-order valence-electron chi connectivity index (χ0n) is 7.19. The summed E-state index contributed by atoms with van der Waals surface area (Å²) in [6.07, 6.45) is 2.71. The fraction of sp³-hybridized carbons (Fsp3) is 0.111. The van der Waals surface area contributed by atoms with Gasteiger partial charge in [0, 0.05) is 0 Å². The summed E-state index contributed by atoms with van der Waals surface area (Å²) in [4.78, 5) is 14.8. The Labute approximate surface area is 75.8 Å². The molecule has 1 heterocycles. The van der Waals surface area contributed by atoms with Crippen molar-refractivity contribution in [3.05, 3.63) is 36.9 Å². The molecule has 0 unspecified atom stereocenters. The van der Waals surface area contributed by atoms with Crippen molar-refractivity contribution in [3.8, 4) is 5.75 Å². The van der Waals surface area contributed by atoms with Crippen molar-refractivity contribution in [1.82, 2.24) is 4.98 Å². The standard InChI is InChI=1S/C9H9NO3/c1-3-13-7-4-5-8(10-6-7)9(11)12-2/h3-6H,1H2,2H3. The Bertz CT molecular complexity index is 305. The lowest BCUT2D eigenvalue weighted by molar-refractivity contribution is 0.0594. The van der Waals surface area contributed by atoms with E-state index in [1.165, 1.54) is 25.6 Å². The van der Waals surface area contributed by atoms with Crippen LogP contribution >= 0.6 is 0 Å². The van der Waals surface area contributed by atoms with Gasteiger partial charge in [-0.05, 0) is 12.1 Å². The van der Waals surface area contributed by atoms with Crippen LogP contribution in [-0.4, -0.2) is 18.1 Å². The maximum atomic E-state index is 10.9. The fourth-order valence-electron chi connectivity index (χ4n) is 0.772. The van der Waals surface area contributed by atoms with Gasteiger partial charge in [-0.2, -0.15) is 0 Å². The van der Waals surface area contributed by atoms with Crippen molar-refractivity contribution in [2.45, 2.75) is 0 Å². The number of rotatable bonds is 3. The van der Waals surface area contributed by atoms with E-state index < -0.39 is 5.97 Å². The Morgan fingerprint density at radius 2 is 2.38 bits per heavy atom. The minimum Gasteiger partial charge on any atom is -0.464 e. The topological polar surface area (TPSA) is 48.4 Å². The molecule has 0 radical (unpaired) electrons. The van der Waals surface area contributed by atoms with Crippen molar-refractivity contribution in [1.29, 1.82) is 0 Å². The zero-order valence-corrected chi connectivity index (χ0v) is 7.19. The minimum absolute atomic E-state index is 0.249. The van der Waals surface area contributed by atoms with Crippen LogP contribution < -0.4 is 4.74 Å². The van der Waals surface area contributed by atoms with Crippen LogP contribution in [0.15, 0.2) is 31.2 Å². The third kappa shape index (κ3) is 2.30. The Balaban J connectivity index is 2.80. The van der Waals surface area contributed by atoms with Gasteiger partial charge in [-0.3, -0.25) is 0 Å². The quantitative estimate of drug-likeness (QED) is 0.519. The molecule has 0 amide bonds. The maximum absolute atomic E-state index is 10.9. The smallest absolute Gasteiger partial charge is 0.356 e. The third-order valence-corrected chi connectivity index (χ3v) is 1.35. The molecule has 0 atom stereocenters. The van der Waals surface area contributed by atoms with Crippen molar-refractivity contribution in [2.24, 2.45) is 0 Å². The van der Waals surface area contributed by atoms with Crippen LogP contribution in [0.4, 0.5) is 0 Å². The number of esters is 1. The Kier molecular flexibility index (Phi) is 3.03. The number of hydrogen-bond acceptors (Lipinski definition) is 4. The summed E-state index contributed by atoms with van der Waals surface area (Å²) >= 11 is 0. The average molecular weight is 179 g/mol. The minimum atomic E-state index is -0.467. The Morgan fingerprint density at radius 3 is 2.85 bits per heavy atom. The highest BCUT2D eigenvalue weighted by Crippen LogP contribution is 2.09. The number of nitrogens with zero attached hydrogens (tertiary/aromatic N) is 1. The van der Waals surface area contributed by atoms with E-state index in [4.69, 9.17) is 4.74 Å². The second-order valence-corrected chi connectivity index (χ2v) is 2.16. The summed E-state index contributed by atoms with van der Waals surface area (Å²) < 4.78 is 9.40. The van der Waals surface area contributed by atoms with Gasteiger partial charge in [0.15, 0.2) is 0 Å². The molecule has 1 rings (SSSR count). The molecule has 68 valence electrons. The monoisotopic (exact) mass is 179 g/mol. The van der Waals surface area contributed by atoms with E-state index in [0.717, 1.165) is 0 Å². The molecule has 0 aliphatic carbocycles. The lowest BCUT2D eigenvalue weighted by Crippen LogP contribution is -2.03. The number of carbonyl (C=O) groups excluding carboxylic acids is 1. The number of carbonyl (C=O) groups is 1. The second-order valence-electron chi connectivity index (χ2n) is 2.16. The zero-order chi connectivity index (χ0) is 9.68. The molecule has 13 heavy (non-hydrogen) atoms.